The highest BCUT2D eigenvalue weighted by molar-refractivity contribution is 5.79. The molecule has 0 spiro atoms. The standard InChI is InChI=1S/C15H28N2O/c1-2-12-3-5-14(6-4-12)15(18)17-9-7-13(11-16)8-10-17/h12-14H,2-11,16H2,1H3. The van der Waals surface area contributed by atoms with Gasteiger partial charge in [-0.3, -0.25) is 4.79 Å². The Morgan fingerprint density at radius 1 is 1.06 bits per heavy atom. The molecule has 0 aromatic carbocycles. The number of likely N-dealkylation sites (tertiary alicyclic amines) is 1. The SMILES string of the molecule is CCC1CCC(C(=O)N2CCC(CN)CC2)CC1. The number of carbonyl (C=O) groups is 1. The van der Waals surface area contributed by atoms with Crippen LogP contribution in [0.25, 0.3) is 0 Å². The summed E-state index contributed by atoms with van der Waals surface area (Å²) in [4.78, 5) is 14.5. The second kappa shape index (κ2) is 6.55. The average molecular weight is 252 g/mol. The zero-order valence-corrected chi connectivity index (χ0v) is 11.7. The van der Waals surface area contributed by atoms with Crippen LogP contribution in [0.5, 0.6) is 0 Å². The number of nitrogens with two attached hydrogens (primary N) is 1. The van der Waals surface area contributed by atoms with Gasteiger partial charge in [0.1, 0.15) is 0 Å². The van der Waals surface area contributed by atoms with Gasteiger partial charge in [-0.2, -0.15) is 0 Å². The first-order chi connectivity index (χ1) is 8.74. The Kier molecular flexibility index (Phi) is 5.04. The normalized spacial score (nSPS) is 30.4. The van der Waals surface area contributed by atoms with Crippen molar-refractivity contribution in [3.05, 3.63) is 0 Å². The van der Waals surface area contributed by atoms with Gasteiger partial charge in [0, 0.05) is 19.0 Å². The summed E-state index contributed by atoms with van der Waals surface area (Å²) in [6.07, 6.45) is 8.24. The summed E-state index contributed by atoms with van der Waals surface area (Å²) in [6, 6.07) is 0. The summed E-state index contributed by atoms with van der Waals surface area (Å²) < 4.78 is 0. The molecule has 104 valence electrons. The zero-order valence-electron chi connectivity index (χ0n) is 11.7. The van der Waals surface area contributed by atoms with E-state index in [1.807, 2.05) is 0 Å². The van der Waals surface area contributed by atoms with Crippen LogP contribution >= 0.6 is 0 Å². The molecule has 1 saturated heterocycles. The van der Waals surface area contributed by atoms with Crippen LogP contribution in [0.2, 0.25) is 0 Å². The van der Waals surface area contributed by atoms with Crippen molar-refractivity contribution in [2.75, 3.05) is 19.6 Å². The molecule has 2 N–H and O–H groups in total. The lowest BCUT2D eigenvalue weighted by molar-refractivity contribution is -0.138. The second-order valence-corrected chi connectivity index (χ2v) is 6.13. The van der Waals surface area contributed by atoms with Crippen LogP contribution in [0.3, 0.4) is 0 Å². The molecule has 18 heavy (non-hydrogen) atoms. The number of nitrogens with zero attached hydrogens (tertiary/aromatic N) is 1. The van der Waals surface area contributed by atoms with E-state index in [2.05, 4.69) is 11.8 Å². The number of piperidine rings is 1. The first-order valence-electron chi connectivity index (χ1n) is 7.73. The van der Waals surface area contributed by atoms with Gasteiger partial charge in [-0.1, -0.05) is 13.3 Å². The third-order valence-corrected chi connectivity index (χ3v) is 5.03. The molecule has 1 heterocycles. The maximum atomic E-state index is 12.4. The van der Waals surface area contributed by atoms with Crippen molar-refractivity contribution < 1.29 is 4.79 Å². The Morgan fingerprint density at radius 3 is 2.17 bits per heavy atom. The molecular formula is C15H28N2O. The molecule has 0 radical (unpaired) electrons. The fourth-order valence-corrected chi connectivity index (χ4v) is 3.46. The topological polar surface area (TPSA) is 46.3 Å². The smallest absolute Gasteiger partial charge is 0.225 e. The van der Waals surface area contributed by atoms with E-state index < -0.39 is 0 Å². The summed E-state index contributed by atoms with van der Waals surface area (Å²) in [6.45, 7) is 4.93. The minimum atomic E-state index is 0.322. The lowest BCUT2D eigenvalue weighted by atomic mass is 9.80. The van der Waals surface area contributed by atoms with Gasteiger partial charge in [0.25, 0.3) is 0 Å². The average Bonchev–Trinajstić information content (AvgIpc) is 2.47. The molecule has 3 heteroatoms. The van der Waals surface area contributed by atoms with Crippen LogP contribution in [0.4, 0.5) is 0 Å². The van der Waals surface area contributed by atoms with Crippen molar-refractivity contribution in [1.82, 2.24) is 4.90 Å². The molecule has 0 aromatic heterocycles. The summed E-state index contributed by atoms with van der Waals surface area (Å²) in [5, 5.41) is 0. The molecule has 0 bridgehead atoms. The monoisotopic (exact) mass is 252 g/mol. The Balaban J connectivity index is 1.78. The van der Waals surface area contributed by atoms with Crippen LogP contribution in [0.15, 0.2) is 0 Å². The van der Waals surface area contributed by atoms with Gasteiger partial charge < -0.3 is 10.6 Å². The van der Waals surface area contributed by atoms with Crippen LogP contribution in [0, 0.1) is 17.8 Å². The molecule has 2 fully saturated rings. The molecule has 3 nitrogen and oxygen atoms in total. The summed E-state index contributed by atoms with van der Waals surface area (Å²) in [5.41, 5.74) is 5.69. The van der Waals surface area contributed by atoms with Crippen molar-refractivity contribution in [2.24, 2.45) is 23.5 Å². The maximum absolute atomic E-state index is 12.4. The molecule has 1 aliphatic carbocycles. The number of hydrogen-bond donors (Lipinski definition) is 1. The third-order valence-electron chi connectivity index (χ3n) is 5.03. The lowest BCUT2D eigenvalue weighted by Gasteiger charge is -2.36. The predicted molar refractivity (Wildman–Crippen MR) is 74.1 cm³/mol. The Morgan fingerprint density at radius 2 is 1.67 bits per heavy atom. The van der Waals surface area contributed by atoms with Gasteiger partial charge >= 0.3 is 0 Å². The van der Waals surface area contributed by atoms with Gasteiger partial charge in [0.2, 0.25) is 5.91 Å². The summed E-state index contributed by atoms with van der Waals surface area (Å²) in [7, 11) is 0. The molecule has 1 amide bonds. The second-order valence-electron chi connectivity index (χ2n) is 6.13. The number of hydrogen-bond acceptors (Lipinski definition) is 2. The number of rotatable bonds is 3. The van der Waals surface area contributed by atoms with E-state index in [-0.39, 0.29) is 0 Å². The van der Waals surface area contributed by atoms with Crippen molar-refractivity contribution in [3.8, 4) is 0 Å². The Hall–Kier alpha value is -0.570. The van der Waals surface area contributed by atoms with E-state index in [0.717, 1.165) is 51.2 Å². The maximum Gasteiger partial charge on any atom is 0.225 e. The molecule has 0 atom stereocenters. The highest BCUT2D eigenvalue weighted by Crippen LogP contribution is 2.32. The fourth-order valence-electron chi connectivity index (χ4n) is 3.46. The lowest BCUT2D eigenvalue weighted by Crippen LogP contribution is -2.43. The highest BCUT2D eigenvalue weighted by atomic mass is 16.2. The molecule has 1 aliphatic heterocycles. The van der Waals surface area contributed by atoms with Crippen LogP contribution in [0.1, 0.15) is 51.9 Å². The van der Waals surface area contributed by atoms with Crippen LogP contribution in [-0.4, -0.2) is 30.4 Å². The first-order valence-corrected chi connectivity index (χ1v) is 7.73. The summed E-state index contributed by atoms with van der Waals surface area (Å²) in [5.74, 6) is 2.27. The predicted octanol–water partition coefficient (Wildman–Crippen LogP) is 2.40. The van der Waals surface area contributed by atoms with Crippen LogP contribution in [-0.2, 0) is 4.79 Å². The van der Waals surface area contributed by atoms with E-state index >= 15 is 0 Å². The van der Waals surface area contributed by atoms with Crippen molar-refractivity contribution in [1.29, 1.82) is 0 Å². The fraction of sp³-hybridized carbons (Fsp3) is 0.933. The van der Waals surface area contributed by atoms with Gasteiger partial charge in [0.15, 0.2) is 0 Å². The van der Waals surface area contributed by atoms with Crippen molar-refractivity contribution in [3.63, 3.8) is 0 Å². The summed E-state index contributed by atoms with van der Waals surface area (Å²) >= 11 is 0. The van der Waals surface area contributed by atoms with E-state index in [1.165, 1.54) is 19.3 Å². The van der Waals surface area contributed by atoms with Crippen molar-refractivity contribution >= 4 is 5.91 Å². The van der Waals surface area contributed by atoms with E-state index in [0.29, 0.717) is 17.7 Å². The van der Waals surface area contributed by atoms with E-state index in [9.17, 15) is 4.79 Å². The molecule has 1 saturated carbocycles. The Labute approximate surface area is 111 Å². The van der Waals surface area contributed by atoms with E-state index in [1.54, 1.807) is 0 Å². The molecule has 0 aromatic rings. The minimum Gasteiger partial charge on any atom is -0.342 e. The Bertz CT molecular complexity index is 238. The first kappa shape index (κ1) is 13.9. The largest absolute Gasteiger partial charge is 0.342 e. The molecule has 2 aliphatic rings. The van der Waals surface area contributed by atoms with E-state index in [4.69, 9.17) is 5.73 Å². The number of carbonyl (C=O) groups excluding carboxylic acids is 1. The van der Waals surface area contributed by atoms with Gasteiger partial charge in [-0.25, -0.2) is 0 Å². The zero-order chi connectivity index (χ0) is 13.0. The van der Waals surface area contributed by atoms with Gasteiger partial charge in [-0.15, -0.1) is 0 Å². The molecular weight excluding hydrogens is 224 g/mol. The number of amides is 1. The molecule has 2 rings (SSSR count). The quantitative estimate of drug-likeness (QED) is 0.838. The highest BCUT2D eigenvalue weighted by Gasteiger charge is 2.30. The molecule has 0 unspecified atom stereocenters. The minimum absolute atomic E-state index is 0.322. The van der Waals surface area contributed by atoms with Gasteiger partial charge in [-0.05, 0) is 56.9 Å². The third kappa shape index (κ3) is 3.25. The van der Waals surface area contributed by atoms with Crippen LogP contribution < -0.4 is 5.73 Å². The van der Waals surface area contributed by atoms with Gasteiger partial charge in [0.05, 0.1) is 0 Å². The van der Waals surface area contributed by atoms with Crippen molar-refractivity contribution in [2.45, 2.75) is 51.9 Å².